The second-order valence-electron chi connectivity index (χ2n) is 9.52. The smallest absolute Gasteiger partial charge is 0.320 e. The summed E-state index contributed by atoms with van der Waals surface area (Å²) < 4.78 is 36.3. The van der Waals surface area contributed by atoms with Gasteiger partial charge in [-0.3, -0.25) is 4.79 Å². The van der Waals surface area contributed by atoms with Gasteiger partial charge in [0.05, 0.1) is 19.8 Å². The number of benzene rings is 2. The third-order valence-corrected chi connectivity index (χ3v) is 6.44. The number of alkyl halides is 1. The van der Waals surface area contributed by atoms with Crippen molar-refractivity contribution in [3.63, 3.8) is 0 Å². The van der Waals surface area contributed by atoms with Gasteiger partial charge in [0.1, 0.15) is 17.4 Å². The van der Waals surface area contributed by atoms with Gasteiger partial charge in [-0.2, -0.15) is 4.39 Å². The molecule has 6 heteroatoms. The Hall–Kier alpha value is -2.44. The van der Waals surface area contributed by atoms with E-state index >= 15 is 0 Å². The molecule has 0 spiro atoms. The van der Waals surface area contributed by atoms with Gasteiger partial charge in [0.2, 0.25) is 0 Å². The molecular formula is C30H41FO5. The highest BCUT2D eigenvalue weighted by molar-refractivity contribution is 5.76. The fraction of sp³-hybridized carbons (Fsp3) is 0.567. The molecule has 2 aromatic carbocycles. The molecule has 0 aromatic heterocycles. The lowest BCUT2D eigenvalue weighted by molar-refractivity contribution is -0.352. The first-order valence-corrected chi connectivity index (χ1v) is 13.5. The Morgan fingerprint density at radius 3 is 1.94 bits per heavy atom. The zero-order valence-electron chi connectivity index (χ0n) is 21.8. The predicted molar refractivity (Wildman–Crippen MR) is 140 cm³/mol. The largest absolute Gasteiger partial charge is 0.494 e. The molecule has 0 aliphatic carbocycles. The van der Waals surface area contributed by atoms with Crippen LogP contribution in [0.3, 0.4) is 0 Å². The van der Waals surface area contributed by atoms with Crippen molar-refractivity contribution in [1.29, 1.82) is 0 Å². The number of rotatable bonds is 15. The van der Waals surface area contributed by atoms with Crippen LogP contribution in [0.15, 0.2) is 48.5 Å². The van der Waals surface area contributed by atoms with Gasteiger partial charge in [0.15, 0.2) is 0 Å². The molecule has 0 radical (unpaired) electrons. The minimum absolute atomic E-state index is 0.0488. The van der Waals surface area contributed by atoms with Crippen molar-refractivity contribution in [3.8, 4) is 22.6 Å². The van der Waals surface area contributed by atoms with Crippen LogP contribution < -0.4 is 9.47 Å². The van der Waals surface area contributed by atoms with E-state index < -0.39 is 17.9 Å². The van der Waals surface area contributed by atoms with Gasteiger partial charge >= 0.3 is 12.0 Å². The van der Waals surface area contributed by atoms with E-state index in [1.54, 1.807) is 12.1 Å². The number of carbonyl (C=O) groups excluding carboxylic acids is 1. The van der Waals surface area contributed by atoms with Crippen molar-refractivity contribution < 1.29 is 28.1 Å². The molecule has 1 saturated heterocycles. The summed E-state index contributed by atoms with van der Waals surface area (Å²) in [4.78, 5) is 12.5. The number of unbranched alkanes of at least 4 members (excludes halogenated alkanes) is 7. The van der Waals surface area contributed by atoms with Crippen molar-refractivity contribution >= 4 is 5.97 Å². The normalized spacial score (nSPS) is 19.7. The molecule has 0 N–H and O–H groups in total. The minimum Gasteiger partial charge on any atom is -0.494 e. The summed E-state index contributed by atoms with van der Waals surface area (Å²) in [6, 6.07) is 13.2. The Balaban J connectivity index is 1.41. The molecule has 5 nitrogen and oxygen atoms in total. The second-order valence-corrected chi connectivity index (χ2v) is 9.52. The lowest BCUT2D eigenvalue weighted by Gasteiger charge is -2.33. The molecule has 36 heavy (non-hydrogen) atoms. The number of halogens is 1. The molecule has 0 unspecified atom stereocenters. The molecule has 3 rings (SSSR count). The fourth-order valence-corrected chi connectivity index (χ4v) is 4.14. The molecule has 1 fully saturated rings. The van der Waals surface area contributed by atoms with E-state index in [4.69, 9.17) is 18.9 Å². The molecule has 0 atom stereocenters. The Labute approximate surface area is 215 Å². The summed E-state index contributed by atoms with van der Waals surface area (Å²) in [5.41, 5.74) is 2.06. The lowest BCUT2D eigenvalue weighted by Crippen LogP contribution is -2.44. The highest BCUT2D eigenvalue weighted by Gasteiger charge is 2.40. The van der Waals surface area contributed by atoms with Crippen molar-refractivity contribution in [1.82, 2.24) is 0 Å². The van der Waals surface area contributed by atoms with Crippen molar-refractivity contribution in [2.45, 2.75) is 84.1 Å². The van der Waals surface area contributed by atoms with Crippen molar-refractivity contribution in [2.75, 3.05) is 19.8 Å². The second kappa shape index (κ2) is 15.0. The van der Waals surface area contributed by atoms with E-state index in [1.165, 1.54) is 32.1 Å². The number of carbonyl (C=O) groups is 1. The molecule has 0 saturated carbocycles. The van der Waals surface area contributed by atoms with Crippen molar-refractivity contribution in [3.05, 3.63) is 48.5 Å². The fourth-order valence-electron chi connectivity index (χ4n) is 4.14. The van der Waals surface area contributed by atoms with Crippen LogP contribution in [0.25, 0.3) is 11.1 Å². The van der Waals surface area contributed by atoms with Crippen LogP contribution in [0.4, 0.5) is 4.39 Å². The Kier molecular flexibility index (Phi) is 11.7. The predicted octanol–water partition coefficient (Wildman–Crippen LogP) is 7.86. The summed E-state index contributed by atoms with van der Waals surface area (Å²) in [6.45, 7) is 4.93. The van der Waals surface area contributed by atoms with E-state index in [-0.39, 0.29) is 19.6 Å². The minimum atomic E-state index is -2.09. The third-order valence-electron chi connectivity index (χ3n) is 6.44. The van der Waals surface area contributed by atoms with Gasteiger partial charge in [-0.25, -0.2) is 0 Å². The SMILES string of the molecule is CCCCCCCCOc1ccc(-c2ccc(OC(=O)C3COC(F)(CCCCC)OC3)cc2)cc1. The monoisotopic (exact) mass is 500 g/mol. The zero-order valence-corrected chi connectivity index (χ0v) is 21.8. The van der Waals surface area contributed by atoms with Gasteiger partial charge in [0.25, 0.3) is 0 Å². The first kappa shape index (κ1) is 28.1. The van der Waals surface area contributed by atoms with E-state index in [2.05, 4.69) is 13.8 Å². The summed E-state index contributed by atoms with van der Waals surface area (Å²) in [5.74, 6) is 0.175. The first-order chi connectivity index (χ1) is 17.5. The van der Waals surface area contributed by atoms with Crippen LogP contribution in [-0.4, -0.2) is 31.8 Å². The summed E-state index contributed by atoms with van der Waals surface area (Å²) in [7, 11) is 0. The molecule has 2 aromatic rings. The first-order valence-electron chi connectivity index (χ1n) is 13.5. The van der Waals surface area contributed by atoms with Crippen LogP contribution in [0.2, 0.25) is 0 Å². The van der Waals surface area contributed by atoms with Gasteiger partial charge in [-0.05, 0) is 48.2 Å². The van der Waals surface area contributed by atoms with E-state index in [0.29, 0.717) is 12.2 Å². The van der Waals surface area contributed by atoms with Gasteiger partial charge < -0.3 is 18.9 Å². The van der Waals surface area contributed by atoms with Gasteiger partial charge in [-0.1, -0.05) is 83.1 Å². The average molecular weight is 501 g/mol. The lowest BCUT2D eigenvalue weighted by atomic mass is 10.1. The number of hydrogen-bond donors (Lipinski definition) is 0. The number of hydrogen-bond acceptors (Lipinski definition) is 5. The number of esters is 1. The molecule has 1 heterocycles. The summed E-state index contributed by atoms with van der Waals surface area (Å²) >= 11 is 0. The molecular weight excluding hydrogens is 459 g/mol. The van der Waals surface area contributed by atoms with Crippen LogP contribution in [0.5, 0.6) is 11.5 Å². The summed E-state index contributed by atoms with van der Waals surface area (Å²) in [5, 5.41) is 0. The molecule has 198 valence electrons. The van der Waals surface area contributed by atoms with Crippen LogP contribution in [-0.2, 0) is 14.3 Å². The number of ether oxygens (including phenoxy) is 4. The maximum absolute atomic E-state index is 14.5. The van der Waals surface area contributed by atoms with Crippen molar-refractivity contribution in [2.24, 2.45) is 5.92 Å². The Morgan fingerprint density at radius 1 is 0.806 bits per heavy atom. The van der Waals surface area contributed by atoms with Crippen LogP contribution in [0.1, 0.15) is 78.1 Å². The summed E-state index contributed by atoms with van der Waals surface area (Å²) in [6.07, 6.45) is 10.2. The maximum atomic E-state index is 14.5. The van der Waals surface area contributed by atoms with Crippen LogP contribution in [0, 0.1) is 5.92 Å². The maximum Gasteiger partial charge on any atom is 0.320 e. The average Bonchev–Trinajstić information content (AvgIpc) is 2.89. The van der Waals surface area contributed by atoms with E-state index in [1.807, 2.05) is 36.4 Å². The topological polar surface area (TPSA) is 54.0 Å². The molecule has 1 aliphatic heterocycles. The molecule has 0 bridgehead atoms. The highest BCUT2D eigenvalue weighted by Crippen LogP contribution is 2.30. The Bertz CT molecular complexity index is 889. The molecule has 1 aliphatic rings. The van der Waals surface area contributed by atoms with E-state index in [9.17, 15) is 9.18 Å². The standard InChI is InChI=1S/C30H41FO5/c1-3-5-7-8-9-11-21-33-27-16-12-24(13-17-27)25-14-18-28(19-15-25)36-29(32)26-22-34-30(31,35-23-26)20-10-6-4-2/h12-19,26H,3-11,20-23H2,1-2H3. The van der Waals surface area contributed by atoms with Gasteiger partial charge in [0, 0.05) is 6.42 Å². The van der Waals surface area contributed by atoms with Crippen LogP contribution >= 0.6 is 0 Å². The zero-order chi connectivity index (χ0) is 25.6. The van der Waals surface area contributed by atoms with Gasteiger partial charge in [-0.15, -0.1) is 0 Å². The molecule has 0 amide bonds. The van der Waals surface area contributed by atoms with E-state index in [0.717, 1.165) is 42.7 Å². The Morgan fingerprint density at radius 2 is 1.33 bits per heavy atom. The third kappa shape index (κ3) is 9.21. The highest BCUT2D eigenvalue weighted by atomic mass is 19.2. The quantitative estimate of drug-likeness (QED) is 0.141.